The topological polar surface area (TPSA) is 86.1 Å². The summed E-state index contributed by atoms with van der Waals surface area (Å²) in [5.41, 5.74) is 3.56. The lowest BCUT2D eigenvalue weighted by Gasteiger charge is -2.50. The summed E-state index contributed by atoms with van der Waals surface area (Å²) >= 11 is 5.91. The number of halogens is 1. The van der Waals surface area contributed by atoms with Crippen molar-refractivity contribution in [1.29, 1.82) is 5.26 Å². The van der Waals surface area contributed by atoms with Crippen molar-refractivity contribution in [2.45, 2.75) is 43.3 Å². The number of nitrogens with one attached hydrogen (secondary N) is 2. The lowest BCUT2D eigenvalue weighted by molar-refractivity contribution is 0.0586. The Balaban J connectivity index is 1.21. The number of fused-ring (bicyclic) bond motifs is 1. The molecule has 1 aromatic heterocycles. The van der Waals surface area contributed by atoms with Gasteiger partial charge >= 0.3 is 0 Å². The van der Waals surface area contributed by atoms with Gasteiger partial charge in [-0.15, -0.1) is 0 Å². The normalized spacial score (nSPS) is 21.6. The van der Waals surface area contributed by atoms with Crippen molar-refractivity contribution < 1.29 is 9.13 Å². The molecule has 37 heavy (non-hydrogen) atoms. The van der Waals surface area contributed by atoms with Gasteiger partial charge in [0.05, 0.1) is 22.4 Å². The highest BCUT2D eigenvalue weighted by molar-refractivity contribution is 7.98. The lowest BCUT2D eigenvalue weighted by atomic mass is 9.57. The van der Waals surface area contributed by atoms with Crippen LogP contribution in [-0.4, -0.2) is 45.7 Å². The number of thiol groups is 1. The number of benzene rings is 2. The number of piperidine rings is 1. The van der Waals surface area contributed by atoms with Gasteiger partial charge in [-0.05, 0) is 74.9 Å². The lowest BCUT2D eigenvalue weighted by Crippen LogP contribution is -2.44. The van der Waals surface area contributed by atoms with Crippen LogP contribution in [0.4, 0.5) is 10.1 Å². The highest BCUT2D eigenvalue weighted by Crippen LogP contribution is 2.55. The molecule has 1 saturated carbocycles. The van der Waals surface area contributed by atoms with Crippen LogP contribution >= 0.6 is 24.8 Å². The Hall–Kier alpha value is -2.58. The molecule has 2 N–H and O–H groups in total. The van der Waals surface area contributed by atoms with Gasteiger partial charge in [-0.25, -0.2) is 13.7 Å². The van der Waals surface area contributed by atoms with E-state index in [9.17, 15) is 9.65 Å². The molecular weight excluding hydrogens is 507 g/mol. The molecule has 1 aliphatic carbocycles. The maximum absolute atomic E-state index is 14.8. The summed E-state index contributed by atoms with van der Waals surface area (Å²) in [6.45, 7) is 3.94. The van der Waals surface area contributed by atoms with Crippen LogP contribution in [0, 0.1) is 22.6 Å². The smallest absolute Gasteiger partial charge is 0.182 e. The molecule has 1 spiro atoms. The summed E-state index contributed by atoms with van der Waals surface area (Å²) in [6.07, 6.45) is 7.67. The Bertz CT molecular complexity index is 1350. The van der Waals surface area contributed by atoms with Crippen LogP contribution < -0.4 is 14.8 Å². The molecule has 1 unspecified atom stereocenters. The molecule has 2 saturated heterocycles. The van der Waals surface area contributed by atoms with Crippen LogP contribution in [0.3, 0.4) is 0 Å². The van der Waals surface area contributed by atoms with Crippen molar-refractivity contribution in [3.8, 4) is 17.6 Å². The van der Waals surface area contributed by atoms with Crippen LogP contribution in [0.25, 0.3) is 11.0 Å². The zero-order valence-corrected chi connectivity index (χ0v) is 22.1. The van der Waals surface area contributed by atoms with Crippen molar-refractivity contribution >= 4 is 41.5 Å². The molecule has 0 radical (unpaired) electrons. The first-order chi connectivity index (χ1) is 18.0. The first-order valence-corrected chi connectivity index (χ1v) is 14.0. The van der Waals surface area contributed by atoms with E-state index in [1.807, 2.05) is 12.3 Å². The fraction of sp³-hybridized carbons (Fsp3) is 0.444. The number of nitrogens with zero attached hydrogens (tertiary/aromatic N) is 4. The van der Waals surface area contributed by atoms with Gasteiger partial charge in [0.2, 0.25) is 0 Å². The van der Waals surface area contributed by atoms with E-state index in [1.165, 1.54) is 31.0 Å². The summed E-state index contributed by atoms with van der Waals surface area (Å²) in [7, 11) is 0. The maximum atomic E-state index is 14.8. The van der Waals surface area contributed by atoms with E-state index >= 15 is 0 Å². The standard InChI is InChI=1S/C27H29FN6OS2/c28-21-2-4-22(33-37-34-10-5-19(36)16-34)20(14-29)26(21)35-18-1-3-23-24(11-18)32-25(15-31-23)17-12-27(13-17)6-8-30-9-7-27/h1-4,11,15,17,19,30,33,36H,5-10,12-13,16H2. The minimum Gasteiger partial charge on any atom is -0.453 e. The van der Waals surface area contributed by atoms with Crippen LogP contribution in [0.15, 0.2) is 36.5 Å². The molecule has 0 bridgehead atoms. The van der Waals surface area contributed by atoms with Crippen LogP contribution in [0.5, 0.6) is 11.5 Å². The number of rotatable bonds is 6. The molecule has 1 atom stereocenters. The summed E-state index contributed by atoms with van der Waals surface area (Å²) < 4.78 is 26.1. The number of nitriles is 1. The van der Waals surface area contributed by atoms with Gasteiger partial charge in [-0.3, -0.25) is 4.98 Å². The molecule has 10 heteroatoms. The predicted molar refractivity (Wildman–Crippen MR) is 147 cm³/mol. The first kappa shape index (κ1) is 24.7. The Morgan fingerprint density at radius 3 is 2.81 bits per heavy atom. The van der Waals surface area contributed by atoms with Gasteiger partial charge in [0, 0.05) is 48.7 Å². The number of aromatic nitrogens is 2. The predicted octanol–water partition coefficient (Wildman–Crippen LogP) is 5.66. The third-order valence-corrected chi connectivity index (χ3v) is 9.15. The number of anilines is 1. The summed E-state index contributed by atoms with van der Waals surface area (Å²) in [5, 5.41) is 13.6. The van der Waals surface area contributed by atoms with Crippen LogP contribution in [0.2, 0.25) is 0 Å². The highest BCUT2D eigenvalue weighted by atomic mass is 32.2. The minimum atomic E-state index is -0.592. The zero-order valence-electron chi connectivity index (χ0n) is 20.4. The van der Waals surface area contributed by atoms with Crippen LogP contribution in [-0.2, 0) is 0 Å². The van der Waals surface area contributed by atoms with E-state index in [-0.39, 0.29) is 11.3 Å². The summed E-state index contributed by atoms with van der Waals surface area (Å²) in [6, 6.07) is 10.3. The SMILES string of the molecule is N#Cc1c(NSN2CCC(S)C2)ccc(F)c1Oc1ccc2ncc(C3CC4(CCNCC4)C3)nc2c1. The van der Waals surface area contributed by atoms with E-state index < -0.39 is 5.82 Å². The van der Waals surface area contributed by atoms with Gasteiger partial charge in [-0.2, -0.15) is 17.9 Å². The molecule has 6 rings (SSSR count). The quantitative estimate of drug-likeness (QED) is 0.275. The Morgan fingerprint density at radius 1 is 1.22 bits per heavy atom. The van der Waals surface area contributed by atoms with Crippen molar-refractivity contribution in [2.75, 3.05) is 30.9 Å². The number of hydrogen-bond donors (Lipinski definition) is 3. The Kier molecular flexibility index (Phi) is 6.88. The molecule has 3 heterocycles. The maximum Gasteiger partial charge on any atom is 0.182 e. The molecular formula is C27H29FN6OS2. The zero-order chi connectivity index (χ0) is 25.4. The molecule has 0 amide bonds. The molecule has 2 aliphatic heterocycles. The summed E-state index contributed by atoms with van der Waals surface area (Å²) in [4.78, 5) is 9.51. The second kappa shape index (κ2) is 10.3. The average Bonchev–Trinajstić information content (AvgIpc) is 3.32. The highest BCUT2D eigenvalue weighted by Gasteiger charge is 2.45. The van der Waals surface area contributed by atoms with E-state index in [1.54, 1.807) is 18.2 Å². The molecule has 3 aliphatic rings. The van der Waals surface area contributed by atoms with Crippen LogP contribution in [0.1, 0.15) is 49.3 Å². The second-order valence-electron chi connectivity index (χ2n) is 10.3. The number of ether oxygens (including phenoxy) is 1. The molecule has 3 aromatic rings. The van der Waals surface area contributed by atoms with E-state index in [4.69, 9.17) is 9.72 Å². The van der Waals surface area contributed by atoms with Crippen molar-refractivity contribution in [1.82, 2.24) is 19.6 Å². The fourth-order valence-electron chi connectivity index (χ4n) is 5.70. The minimum absolute atomic E-state index is 0.100. The number of hydrogen-bond acceptors (Lipinski definition) is 9. The molecule has 192 valence electrons. The third-order valence-electron chi connectivity index (χ3n) is 7.83. The Morgan fingerprint density at radius 2 is 2.05 bits per heavy atom. The first-order valence-electron chi connectivity index (χ1n) is 12.8. The third kappa shape index (κ3) is 5.10. The van der Waals surface area contributed by atoms with Gasteiger partial charge < -0.3 is 14.8 Å². The summed E-state index contributed by atoms with van der Waals surface area (Å²) in [5.74, 6) is 0.151. The van der Waals surface area contributed by atoms with E-state index in [0.717, 1.165) is 56.7 Å². The van der Waals surface area contributed by atoms with E-state index in [2.05, 4.69) is 38.0 Å². The van der Waals surface area contributed by atoms with Crippen molar-refractivity contribution in [2.24, 2.45) is 5.41 Å². The Labute approximate surface area is 225 Å². The molecule has 7 nitrogen and oxygen atoms in total. The largest absolute Gasteiger partial charge is 0.453 e. The molecule has 2 aromatic carbocycles. The van der Waals surface area contributed by atoms with Gasteiger partial charge in [0.25, 0.3) is 0 Å². The molecule has 3 fully saturated rings. The second-order valence-corrected chi connectivity index (χ2v) is 12.0. The van der Waals surface area contributed by atoms with Gasteiger partial charge in [0.15, 0.2) is 11.6 Å². The van der Waals surface area contributed by atoms with Crippen molar-refractivity contribution in [3.63, 3.8) is 0 Å². The van der Waals surface area contributed by atoms with E-state index in [0.29, 0.717) is 33.5 Å². The van der Waals surface area contributed by atoms with Crippen molar-refractivity contribution in [3.05, 3.63) is 53.6 Å². The van der Waals surface area contributed by atoms with Gasteiger partial charge in [-0.1, -0.05) is 0 Å². The fourth-order valence-corrected chi connectivity index (χ4v) is 6.98. The van der Waals surface area contributed by atoms with Gasteiger partial charge in [0.1, 0.15) is 17.4 Å². The average molecular weight is 537 g/mol. The monoisotopic (exact) mass is 536 g/mol.